The van der Waals surface area contributed by atoms with Crippen molar-refractivity contribution in [3.63, 3.8) is 0 Å². The lowest BCUT2D eigenvalue weighted by Gasteiger charge is -2.43. The maximum Gasteiger partial charge on any atom is 0.144 e. The highest BCUT2D eigenvalue weighted by molar-refractivity contribution is 6.35. The number of aliphatic hydroxyl groups is 1. The van der Waals surface area contributed by atoms with E-state index in [0.29, 0.717) is 16.3 Å². The molecule has 1 aliphatic rings. The molecule has 0 bridgehead atoms. The van der Waals surface area contributed by atoms with Gasteiger partial charge >= 0.3 is 0 Å². The van der Waals surface area contributed by atoms with Crippen LogP contribution in [0, 0.1) is 18.3 Å². The van der Waals surface area contributed by atoms with E-state index in [1.54, 1.807) is 13.2 Å². The molecular weight excluding hydrogens is 348 g/mol. The third-order valence-electron chi connectivity index (χ3n) is 5.24. The van der Waals surface area contributed by atoms with E-state index >= 15 is 0 Å². The Morgan fingerprint density at radius 2 is 2.00 bits per heavy atom. The van der Waals surface area contributed by atoms with Crippen molar-refractivity contribution in [2.45, 2.75) is 45.3 Å². The minimum absolute atomic E-state index is 0.127. The van der Waals surface area contributed by atoms with Crippen molar-refractivity contribution in [1.82, 2.24) is 0 Å². The zero-order valence-electron chi connectivity index (χ0n) is 15.6. The molecule has 3 rings (SSSR count). The molecule has 0 fully saturated rings. The van der Waals surface area contributed by atoms with Crippen LogP contribution in [0.4, 0.5) is 5.69 Å². The van der Waals surface area contributed by atoms with Crippen molar-refractivity contribution in [2.75, 3.05) is 12.4 Å². The second kappa shape index (κ2) is 6.50. The Morgan fingerprint density at radius 3 is 2.62 bits per heavy atom. The normalized spacial score (nSPS) is 20.7. The molecule has 2 aromatic rings. The second-order valence-electron chi connectivity index (χ2n) is 7.42. The maximum absolute atomic E-state index is 10.7. The van der Waals surface area contributed by atoms with E-state index in [-0.39, 0.29) is 5.92 Å². The van der Waals surface area contributed by atoms with Crippen LogP contribution < -0.4 is 10.1 Å². The standard InChI is InChI=1S/C21H23ClN2O2/c1-11-9-15(14-8-6-7-13(10-23)19(14)26-5)17(22)16-12(2)20(25)21(3,4)24-18(11)16/h6-9,12,20,24-25H,1-5H3/t12-,20-/m0/s1. The van der Waals surface area contributed by atoms with Gasteiger partial charge in [0.2, 0.25) is 0 Å². The molecule has 1 heterocycles. The van der Waals surface area contributed by atoms with Gasteiger partial charge in [-0.2, -0.15) is 5.26 Å². The van der Waals surface area contributed by atoms with Gasteiger partial charge in [-0.3, -0.25) is 0 Å². The lowest BCUT2D eigenvalue weighted by molar-refractivity contribution is 0.0869. The van der Waals surface area contributed by atoms with E-state index in [2.05, 4.69) is 11.4 Å². The van der Waals surface area contributed by atoms with Crippen LogP contribution in [0.25, 0.3) is 11.1 Å². The first-order valence-corrected chi connectivity index (χ1v) is 8.97. The molecule has 4 nitrogen and oxygen atoms in total. The number of benzene rings is 2. The summed E-state index contributed by atoms with van der Waals surface area (Å²) in [5.41, 5.74) is 4.50. The largest absolute Gasteiger partial charge is 0.495 e. The van der Waals surface area contributed by atoms with Crippen LogP contribution in [-0.2, 0) is 0 Å². The predicted octanol–water partition coefficient (Wildman–Crippen LogP) is 4.86. The number of aryl methyl sites for hydroxylation is 1. The van der Waals surface area contributed by atoms with Crippen molar-refractivity contribution in [1.29, 1.82) is 5.26 Å². The molecule has 2 N–H and O–H groups in total. The first kappa shape index (κ1) is 18.6. The third-order valence-corrected chi connectivity index (χ3v) is 5.65. The SMILES string of the molecule is COc1c(C#N)cccc1-c1cc(C)c2c(c1Cl)[C@H](C)[C@H](O)C(C)(C)N2. The Balaban J connectivity index is 2.29. The van der Waals surface area contributed by atoms with Crippen LogP contribution in [0.1, 0.15) is 43.4 Å². The Hall–Kier alpha value is -2.22. The van der Waals surface area contributed by atoms with Crippen molar-refractivity contribution in [2.24, 2.45) is 0 Å². The number of halogens is 1. The number of rotatable bonds is 2. The van der Waals surface area contributed by atoms with Gasteiger partial charge in [-0.15, -0.1) is 0 Å². The molecule has 26 heavy (non-hydrogen) atoms. The summed E-state index contributed by atoms with van der Waals surface area (Å²) < 4.78 is 5.50. The van der Waals surface area contributed by atoms with E-state index in [9.17, 15) is 10.4 Å². The quantitative estimate of drug-likeness (QED) is 0.791. The number of aliphatic hydroxyl groups excluding tert-OH is 1. The lowest BCUT2D eigenvalue weighted by Crippen LogP contribution is -2.50. The van der Waals surface area contributed by atoms with Crippen LogP contribution >= 0.6 is 11.6 Å². The number of methoxy groups -OCH3 is 1. The lowest BCUT2D eigenvalue weighted by atomic mass is 9.77. The molecule has 2 aromatic carbocycles. The highest BCUT2D eigenvalue weighted by atomic mass is 35.5. The zero-order chi connectivity index (χ0) is 19.2. The zero-order valence-corrected chi connectivity index (χ0v) is 16.4. The van der Waals surface area contributed by atoms with Crippen molar-refractivity contribution in [3.8, 4) is 22.9 Å². The van der Waals surface area contributed by atoms with Gasteiger partial charge in [-0.1, -0.05) is 30.7 Å². The Kier molecular flexibility index (Phi) is 4.64. The Morgan fingerprint density at radius 1 is 1.31 bits per heavy atom. The van der Waals surface area contributed by atoms with Crippen LogP contribution in [0.2, 0.25) is 5.02 Å². The number of anilines is 1. The number of fused-ring (bicyclic) bond motifs is 1. The molecule has 2 atom stereocenters. The summed E-state index contributed by atoms with van der Waals surface area (Å²) in [6.45, 7) is 7.98. The molecule has 1 aliphatic heterocycles. The van der Waals surface area contributed by atoms with Gasteiger partial charge in [-0.25, -0.2) is 0 Å². The van der Waals surface area contributed by atoms with E-state index in [0.717, 1.165) is 27.9 Å². The average Bonchev–Trinajstić information content (AvgIpc) is 2.61. The Labute approximate surface area is 159 Å². The Bertz CT molecular complexity index is 915. The minimum Gasteiger partial charge on any atom is -0.495 e. The van der Waals surface area contributed by atoms with Gasteiger partial charge in [0.15, 0.2) is 0 Å². The van der Waals surface area contributed by atoms with E-state index in [4.69, 9.17) is 16.3 Å². The predicted molar refractivity (Wildman–Crippen MR) is 105 cm³/mol. The highest BCUT2D eigenvalue weighted by Crippen LogP contribution is 2.49. The molecule has 0 radical (unpaired) electrons. The number of nitrogens with one attached hydrogen (secondary N) is 1. The smallest absolute Gasteiger partial charge is 0.144 e. The summed E-state index contributed by atoms with van der Waals surface area (Å²) in [6.07, 6.45) is -0.575. The summed E-state index contributed by atoms with van der Waals surface area (Å²) in [5, 5.41) is 24.1. The van der Waals surface area contributed by atoms with Gasteiger partial charge in [0.25, 0.3) is 0 Å². The molecule has 0 saturated carbocycles. The summed E-state index contributed by atoms with van der Waals surface area (Å²) in [7, 11) is 1.55. The van der Waals surface area contributed by atoms with Crippen LogP contribution in [-0.4, -0.2) is 23.9 Å². The summed E-state index contributed by atoms with van der Waals surface area (Å²) in [6, 6.07) is 9.60. The van der Waals surface area contributed by atoms with Gasteiger partial charge in [0.1, 0.15) is 11.8 Å². The van der Waals surface area contributed by atoms with Gasteiger partial charge in [-0.05, 0) is 38.5 Å². The average molecular weight is 371 g/mol. The molecule has 0 saturated heterocycles. The van der Waals surface area contributed by atoms with Crippen LogP contribution in [0.3, 0.4) is 0 Å². The fourth-order valence-corrected chi connectivity index (χ4v) is 4.27. The molecule has 0 unspecified atom stereocenters. The number of hydrogen-bond donors (Lipinski definition) is 2. The second-order valence-corrected chi connectivity index (χ2v) is 7.80. The van der Waals surface area contributed by atoms with Crippen molar-refractivity contribution < 1.29 is 9.84 Å². The summed E-state index contributed by atoms with van der Waals surface area (Å²) in [5.74, 6) is 0.381. The molecule has 136 valence electrons. The number of nitriles is 1. The summed E-state index contributed by atoms with van der Waals surface area (Å²) >= 11 is 6.82. The molecule has 5 heteroatoms. The van der Waals surface area contributed by atoms with Gasteiger partial charge < -0.3 is 15.2 Å². The summed E-state index contributed by atoms with van der Waals surface area (Å²) in [4.78, 5) is 0. The van der Waals surface area contributed by atoms with E-state index in [1.807, 2.05) is 45.9 Å². The van der Waals surface area contributed by atoms with Crippen molar-refractivity contribution >= 4 is 17.3 Å². The number of ether oxygens (including phenoxy) is 1. The van der Waals surface area contributed by atoms with Crippen molar-refractivity contribution in [3.05, 3.63) is 46.0 Å². The molecule has 0 amide bonds. The molecular formula is C21H23ClN2O2. The molecule has 0 spiro atoms. The number of nitrogens with zero attached hydrogens (tertiary/aromatic N) is 1. The number of hydrogen-bond acceptors (Lipinski definition) is 4. The topological polar surface area (TPSA) is 65.3 Å². The highest BCUT2D eigenvalue weighted by Gasteiger charge is 2.40. The molecule has 0 aliphatic carbocycles. The van der Waals surface area contributed by atoms with Gasteiger partial charge in [0.05, 0.1) is 29.3 Å². The monoisotopic (exact) mass is 370 g/mol. The van der Waals surface area contributed by atoms with E-state index in [1.165, 1.54) is 0 Å². The van der Waals surface area contributed by atoms with Crippen LogP contribution in [0.5, 0.6) is 5.75 Å². The molecule has 0 aromatic heterocycles. The maximum atomic E-state index is 10.7. The third kappa shape index (κ3) is 2.72. The minimum atomic E-state index is -0.575. The van der Waals surface area contributed by atoms with E-state index < -0.39 is 11.6 Å². The first-order valence-electron chi connectivity index (χ1n) is 8.59. The first-order chi connectivity index (χ1) is 12.2. The number of para-hydroxylation sites is 1. The van der Waals surface area contributed by atoms with Gasteiger partial charge in [0, 0.05) is 28.3 Å². The van der Waals surface area contributed by atoms with Crippen LogP contribution in [0.15, 0.2) is 24.3 Å². The fraction of sp³-hybridized carbons (Fsp3) is 0.381. The fourth-order valence-electron chi connectivity index (χ4n) is 3.84.